The Labute approximate surface area is 184 Å². The number of benzene rings is 1. The summed E-state index contributed by atoms with van der Waals surface area (Å²) < 4.78 is 22.3. The van der Waals surface area contributed by atoms with E-state index in [2.05, 4.69) is 55.7 Å². The molecule has 1 aromatic rings. The zero-order chi connectivity index (χ0) is 22.5. The highest BCUT2D eigenvalue weighted by Gasteiger charge is 2.16. The molecule has 0 atom stereocenters. The zero-order valence-electron chi connectivity index (χ0n) is 18.1. The Bertz CT molecular complexity index is 864. The van der Waals surface area contributed by atoms with Gasteiger partial charge in [0.1, 0.15) is 5.82 Å². The van der Waals surface area contributed by atoms with E-state index in [9.17, 15) is 4.39 Å². The monoisotopic (exact) mass is 430 g/mol. The van der Waals surface area contributed by atoms with Crippen molar-refractivity contribution in [1.29, 1.82) is 0 Å². The molecule has 3 N–H and O–H groups in total. The predicted octanol–water partition coefficient (Wildman–Crippen LogP) is 7.44. The first-order chi connectivity index (χ1) is 14.5. The molecule has 1 heterocycles. The molecule has 2 nitrogen and oxygen atoms in total. The normalized spacial score (nSPS) is 14.7. The number of hydrogen-bond acceptors (Lipinski definition) is 3. The Hall–Kier alpha value is -2.37. The molecule has 1 aliphatic heterocycles. The molecule has 0 spiro atoms. The second kappa shape index (κ2) is 13.8. The lowest BCUT2D eigenvalue weighted by Crippen LogP contribution is -2.21. The third kappa shape index (κ3) is 7.81. The summed E-state index contributed by atoms with van der Waals surface area (Å²) in [4.78, 5) is 0.962. The summed E-state index contributed by atoms with van der Waals surface area (Å²) in [6, 6.07) is 5.42. The summed E-state index contributed by atoms with van der Waals surface area (Å²) >= 11 is 1.56. The fraction of sp³-hybridized carbons (Fsp3) is 0.280. The Balaban J connectivity index is 0.000000277. The van der Waals surface area contributed by atoms with Crippen molar-refractivity contribution in [1.82, 2.24) is 5.32 Å². The van der Waals surface area contributed by atoms with Crippen molar-refractivity contribution in [3.63, 3.8) is 0 Å². The predicted molar refractivity (Wildman–Crippen MR) is 127 cm³/mol. The maximum absolute atomic E-state index is 13.3. The van der Waals surface area contributed by atoms with Crippen molar-refractivity contribution in [2.24, 2.45) is 5.96 Å². The number of allylic oxidation sites excluding steroid dienone is 5. The van der Waals surface area contributed by atoms with Gasteiger partial charge in [-0.05, 0) is 72.9 Å². The second-order valence-corrected chi connectivity index (χ2v) is 7.78. The van der Waals surface area contributed by atoms with E-state index in [-0.39, 0.29) is 5.82 Å². The quantitative estimate of drug-likeness (QED) is 0.376. The van der Waals surface area contributed by atoms with Gasteiger partial charge >= 0.3 is 0 Å². The average molecular weight is 431 g/mol. The van der Waals surface area contributed by atoms with Gasteiger partial charge in [0.15, 0.2) is 0 Å². The minimum atomic E-state index is -0.0950. The van der Waals surface area contributed by atoms with Gasteiger partial charge in [-0.3, -0.25) is 0 Å². The maximum Gasteiger partial charge on any atom is 0.127 e. The van der Waals surface area contributed by atoms with Crippen LogP contribution in [-0.4, -0.2) is 0 Å². The fourth-order valence-corrected chi connectivity index (χ4v) is 3.68. The zero-order valence-corrected chi connectivity index (χ0v) is 18.9. The van der Waals surface area contributed by atoms with Crippen LogP contribution in [0, 0.1) is 5.82 Å². The van der Waals surface area contributed by atoms with Crippen LogP contribution in [0.5, 0.6) is 0 Å². The molecule has 2 aliphatic rings. The highest BCUT2D eigenvalue weighted by atomic mass is 32.2. The van der Waals surface area contributed by atoms with E-state index in [4.69, 9.17) is 4.48 Å². The third-order valence-corrected chi connectivity index (χ3v) is 5.36. The SMILES string of the molecule is C=C(C)C1=CC2=CCCC=C2NC1=C.CC/C=C/Sc1ccc(CC)c(F)c1.NF. The molecule has 0 unspecified atom stereocenters. The maximum atomic E-state index is 13.3. The van der Waals surface area contributed by atoms with Gasteiger partial charge in [-0.2, -0.15) is 5.96 Å². The van der Waals surface area contributed by atoms with Crippen LogP contribution < -0.4 is 11.3 Å². The second-order valence-electron chi connectivity index (χ2n) is 6.80. The van der Waals surface area contributed by atoms with Crippen LogP contribution in [0.2, 0.25) is 0 Å². The summed E-state index contributed by atoms with van der Waals surface area (Å²) in [6.45, 7) is 14.0. The molecule has 3 rings (SSSR count). The Morgan fingerprint density at radius 3 is 2.53 bits per heavy atom. The first-order valence-electron chi connectivity index (χ1n) is 10.0. The lowest BCUT2D eigenvalue weighted by Gasteiger charge is -2.25. The molecule has 0 radical (unpaired) electrons. The lowest BCUT2D eigenvalue weighted by molar-refractivity contribution is 0.530. The van der Waals surface area contributed by atoms with E-state index < -0.39 is 0 Å². The highest BCUT2D eigenvalue weighted by Crippen LogP contribution is 2.29. The van der Waals surface area contributed by atoms with E-state index in [1.165, 1.54) is 11.3 Å². The van der Waals surface area contributed by atoms with E-state index in [0.29, 0.717) is 0 Å². The molecule has 0 aromatic heterocycles. The molecule has 1 aromatic carbocycles. The van der Waals surface area contributed by atoms with Crippen molar-refractivity contribution in [2.45, 2.75) is 51.3 Å². The van der Waals surface area contributed by atoms with Crippen LogP contribution >= 0.6 is 11.8 Å². The first-order valence-corrected chi connectivity index (χ1v) is 10.9. The summed E-state index contributed by atoms with van der Waals surface area (Å²) in [5, 5.41) is 5.32. The van der Waals surface area contributed by atoms with Gasteiger partial charge < -0.3 is 5.32 Å². The lowest BCUT2D eigenvalue weighted by atomic mass is 9.93. The van der Waals surface area contributed by atoms with Gasteiger partial charge in [0.2, 0.25) is 0 Å². The largest absolute Gasteiger partial charge is 0.355 e. The minimum absolute atomic E-state index is 0.0950. The van der Waals surface area contributed by atoms with Gasteiger partial charge in [0, 0.05) is 21.9 Å². The van der Waals surface area contributed by atoms with Gasteiger partial charge in [-0.1, -0.05) is 63.1 Å². The fourth-order valence-electron chi connectivity index (χ4n) is 2.92. The van der Waals surface area contributed by atoms with Crippen molar-refractivity contribution < 1.29 is 8.87 Å². The smallest absolute Gasteiger partial charge is 0.127 e. The molecule has 0 saturated heterocycles. The Morgan fingerprint density at radius 2 is 1.93 bits per heavy atom. The highest BCUT2D eigenvalue weighted by molar-refractivity contribution is 8.02. The summed E-state index contributed by atoms with van der Waals surface area (Å²) in [5.41, 5.74) is 6.42. The molecule has 0 bridgehead atoms. The molecule has 1 aliphatic carbocycles. The Kier molecular flexibility index (Phi) is 11.8. The van der Waals surface area contributed by atoms with Crippen molar-refractivity contribution in [2.75, 3.05) is 0 Å². The number of aryl methyl sites for hydroxylation is 1. The number of hydrogen-bond donors (Lipinski definition) is 2. The molecule has 30 heavy (non-hydrogen) atoms. The average Bonchev–Trinajstić information content (AvgIpc) is 2.75. The number of nitrogens with two attached hydrogens (primary N) is 1. The van der Waals surface area contributed by atoms with E-state index >= 15 is 0 Å². The number of halogens is 2. The first kappa shape index (κ1) is 25.7. The molecule has 0 amide bonds. The standard InChI is InChI=1S/C13H15N.C12H15FS.FH2N/c1-9(2)12-8-11-6-4-5-7-13(11)14-10(12)3;1-3-5-8-14-11-7-6-10(4-2)12(13)9-11;1-2/h6-8,14H,1,3-5H2,2H3;5-9H,3-4H2,1-2H3;2H2/b;8-5+;. The van der Waals surface area contributed by atoms with E-state index in [1.807, 2.05) is 31.4 Å². The van der Waals surface area contributed by atoms with Crippen LogP contribution in [0.25, 0.3) is 0 Å². The number of rotatable bonds is 5. The summed E-state index contributed by atoms with van der Waals surface area (Å²) in [7, 11) is 0. The van der Waals surface area contributed by atoms with E-state index in [1.54, 1.807) is 17.8 Å². The Morgan fingerprint density at radius 1 is 1.23 bits per heavy atom. The molecule has 0 saturated carbocycles. The third-order valence-electron chi connectivity index (χ3n) is 4.50. The van der Waals surface area contributed by atoms with Gasteiger partial charge in [-0.25, -0.2) is 4.39 Å². The van der Waals surface area contributed by atoms with Crippen LogP contribution in [0.4, 0.5) is 8.87 Å². The van der Waals surface area contributed by atoms with E-state index in [0.717, 1.165) is 53.0 Å². The van der Waals surface area contributed by atoms with Crippen molar-refractivity contribution in [3.8, 4) is 0 Å². The van der Waals surface area contributed by atoms with Gasteiger partial charge in [0.25, 0.3) is 0 Å². The number of fused-ring (bicyclic) bond motifs is 1. The molecule has 5 heteroatoms. The van der Waals surface area contributed by atoms with Crippen LogP contribution in [0.3, 0.4) is 0 Å². The van der Waals surface area contributed by atoms with Crippen LogP contribution in [0.15, 0.2) is 94.1 Å². The molecule has 0 fully saturated rings. The van der Waals surface area contributed by atoms with Gasteiger partial charge in [0.05, 0.1) is 0 Å². The van der Waals surface area contributed by atoms with Crippen LogP contribution in [-0.2, 0) is 6.42 Å². The summed E-state index contributed by atoms with van der Waals surface area (Å²) in [5.74, 6) is 2.90. The van der Waals surface area contributed by atoms with Gasteiger partial charge in [-0.15, -0.1) is 4.48 Å². The topological polar surface area (TPSA) is 38.0 Å². The molecular weight excluding hydrogens is 398 g/mol. The summed E-state index contributed by atoms with van der Waals surface area (Å²) in [6.07, 6.45) is 12.7. The number of thioether (sulfide) groups is 1. The van der Waals surface area contributed by atoms with Crippen molar-refractivity contribution in [3.05, 3.63) is 101 Å². The minimum Gasteiger partial charge on any atom is -0.355 e. The van der Waals surface area contributed by atoms with Crippen LogP contribution in [0.1, 0.15) is 45.6 Å². The molecular formula is C25H32F2N2S. The number of nitrogens with one attached hydrogen (secondary N) is 1. The molecule has 162 valence electrons. The van der Waals surface area contributed by atoms with Crippen molar-refractivity contribution >= 4 is 11.8 Å².